The van der Waals surface area contributed by atoms with Crippen LogP contribution in [0.4, 0.5) is 0 Å². The van der Waals surface area contributed by atoms with Gasteiger partial charge in [-0.1, -0.05) is 240 Å². The van der Waals surface area contributed by atoms with Crippen LogP contribution in [-0.4, -0.2) is 96.7 Å². The largest absolute Gasteiger partial charge is 0.472 e. The molecule has 0 fully saturated rings. The second-order valence-corrected chi connectivity index (χ2v) is 26.9. The lowest BCUT2D eigenvalue weighted by Gasteiger charge is -2.21. The molecule has 0 aromatic rings. The Morgan fingerprint density at radius 2 is 0.702 bits per heavy atom. The average molecular weight is 1240 g/mol. The number of unbranched alkanes of at least 4 members (excludes halogenated alkanes) is 25. The number of carbonyl (C=O) groups is 4. The highest BCUT2D eigenvalue weighted by Gasteiger charge is 2.30. The molecule has 0 saturated carbocycles. The lowest BCUT2D eigenvalue weighted by Crippen LogP contribution is -2.30. The van der Waals surface area contributed by atoms with Gasteiger partial charge < -0.3 is 33.8 Å². The Kier molecular flexibility index (Phi) is 54.2. The van der Waals surface area contributed by atoms with Crippen molar-refractivity contribution in [3.05, 3.63) is 24.3 Å². The molecule has 0 aliphatic heterocycles. The Morgan fingerprint density at radius 3 is 1.06 bits per heavy atom. The number of aliphatic hydroxyl groups excluding tert-OH is 1. The molecule has 0 rings (SSSR count). The number of phosphoric acid groups is 2. The van der Waals surface area contributed by atoms with Crippen LogP contribution in [0.15, 0.2) is 24.3 Å². The molecule has 3 unspecified atom stereocenters. The number of aliphatic hydroxyl groups is 1. The lowest BCUT2D eigenvalue weighted by atomic mass is 10.00. The third-order valence-electron chi connectivity index (χ3n) is 14.6. The lowest BCUT2D eigenvalue weighted by molar-refractivity contribution is -0.161. The maximum atomic E-state index is 13.0. The van der Waals surface area contributed by atoms with Crippen molar-refractivity contribution in [3.8, 4) is 0 Å². The molecule has 0 bridgehead atoms. The van der Waals surface area contributed by atoms with E-state index in [1.54, 1.807) is 0 Å². The van der Waals surface area contributed by atoms with Crippen LogP contribution in [0.5, 0.6) is 0 Å². The molecule has 19 heteroatoms. The first kappa shape index (κ1) is 81.5. The second-order valence-electron chi connectivity index (χ2n) is 24.0. The molecule has 494 valence electrons. The molecule has 0 aliphatic rings. The predicted octanol–water partition coefficient (Wildman–Crippen LogP) is 17.4. The molecule has 0 radical (unpaired) electrons. The van der Waals surface area contributed by atoms with E-state index >= 15 is 0 Å². The average Bonchev–Trinajstić information content (AvgIpc) is 3.53. The van der Waals surface area contributed by atoms with Crippen molar-refractivity contribution in [1.29, 1.82) is 0 Å². The second kappa shape index (κ2) is 55.8. The maximum absolute atomic E-state index is 13.0. The predicted molar refractivity (Wildman–Crippen MR) is 335 cm³/mol. The molecule has 84 heavy (non-hydrogen) atoms. The Labute approximate surface area is 510 Å². The van der Waals surface area contributed by atoms with E-state index < -0.39 is 97.5 Å². The Hall–Kier alpha value is -2.46. The van der Waals surface area contributed by atoms with E-state index in [0.717, 1.165) is 121 Å². The standard InChI is InChI=1S/C65H122O17P2/c1-8-10-11-12-13-14-15-16-17-18-19-20-23-34-41-48-64(69)81-60(52-75-62(67)46-39-32-27-25-30-37-44-57(5)6)54-79-83(71,72)77-50-59(66)51-78-84(73,74)80-55-61(82-65(70)49-42-35-24-21-22-29-36-43-56(3)4)53-76-63(68)47-40-33-28-26-31-38-45-58(7)9-2/h14-17,56-61,66H,8-13,18-55H2,1-7H3,(H,71,72)(H,73,74)/b15-14-,17-16-/t58?,59-,60-,61-/m1/s1. The number of ether oxygens (including phenoxy) is 4. The minimum absolute atomic E-state index is 0.0831. The summed E-state index contributed by atoms with van der Waals surface area (Å²) in [6.45, 7) is 11.5. The van der Waals surface area contributed by atoms with Gasteiger partial charge in [0.15, 0.2) is 12.2 Å². The summed E-state index contributed by atoms with van der Waals surface area (Å²) in [6, 6.07) is 0. The Morgan fingerprint density at radius 1 is 0.393 bits per heavy atom. The number of hydrogen-bond donors (Lipinski definition) is 3. The summed E-state index contributed by atoms with van der Waals surface area (Å²) in [7, 11) is -9.90. The van der Waals surface area contributed by atoms with Crippen LogP contribution in [0.25, 0.3) is 0 Å². The van der Waals surface area contributed by atoms with Gasteiger partial charge in [-0.15, -0.1) is 0 Å². The molecule has 3 N–H and O–H groups in total. The van der Waals surface area contributed by atoms with Crippen LogP contribution in [-0.2, 0) is 65.4 Å². The Balaban J connectivity index is 5.27. The van der Waals surface area contributed by atoms with Gasteiger partial charge in [-0.05, 0) is 69.1 Å². The van der Waals surface area contributed by atoms with Gasteiger partial charge in [0, 0.05) is 25.7 Å². The highest BCUT2D eigenvalue weighted by atomic mass is 31.2. The van der Waals surface area contributed by atoms with Crippen molar-refractivity contribution < 1.29 is 80.2 Å². The van der Waals surface area contributed by atoms with E-state index in [1.165, 1.54) is 77.0 Å². The minimum Gasteiger partial charge on any atom is -0.462 e. The van der Waals surface area contributed by atoms with Gasteiger partial charge in [-0.2, -0.15) is 0 Å². The number of phosphoric ester groups is 2. The van der Waals surface area contributed by atoms with Crippen LogP contribution >= 0.6 is 15.6 Å². The number of carbonyl (C=O) groups excluding carboxylic acids is 4. The topological polar surface area (TPSA) is 237 Å². The van der Waals surface area contributed by atoms with Gasteiger partial charge in [-0.3, -0.25) is 37.3 Å². The summed E-state index contributed by atoms with van der Waals surface area (Å²) < 4.78 is 67.9. The highest BCUT2D eigenvalue weighted by Crippen LogP contribution is 2.45. The number of hydrogen-bond acceptors (Lipinski definition) is 15. The van der Waals surface area contributed by atoms with Crippen molar-refractivity contribution in [2.45, 2.75) is 311 Å². The van der Waals surface area contributed by atoms with E-state index in [4.69, 9.17) is 37.0 Å². The Bertz CT molecular complexity index is 1760. The third-order valence-corrected chi connectivity index (χ3v) is 16.5. The summed E-state index contributed by atoms with van der Waals surface area (Å²) in [6.07, 6.45) is 40.1. The maximum Gasteiger partial charge on any atom is 0.472 e. The molecule has 0 spiro atoms. The van der Waals surface area contributed by atoms with Gasteiger partial charge in [0.1, 0.15) is 19.3 Å². The van der Waals surface area contributed by atoms with E-state index in [2.05, 4.69) is 72.8 Å². The van der Waals surface area contributed by atoms with E-state index in [1.807, 2.05) is 0 Å². The zero-order valence-electron chi connectivity index (χ0n) is 53.8. The van der Waals surface area contributed by atoms with Crippen molar-refractivity contribution >= 4 is 39.5 Å². The molecular formula is C65H122O17P2. The van der Waals surface area contributed by atoms with Crippen molar-refractivity contribution in [1.82, 2.24) is 0 Å². The normalized spacial score (nSPS) is 14.9. The van der Waals surface area contributed by atoms with E-state index in [-0.39, 0.29) is 25.7 Å². The van der Waals surface area contributed by atoms with Crippen molar-refractivity contribution in [3.63, 3.8) is 0 Å². The minimum atomic E-state index is -4.95. The fourth-order valence-corrected chi connectivity index (χ4v) is 10.7. The van der Waals surface area contributed by atoms with Crippen LogP contribution in [0.3, 0.4) is 0 Å². The molecule has 17 nitrogen and oxygen atoms in total. The van der Waals surface area contributed by atoms with Crippen LogP contribution < -0.4 is 0 Å². The number of esters is 4. The zero-order valence-corrected chi connectivity index (χ0v) is 55.6. The quantitative estimate of drug-likeness (QED) is 0.0169. The summed E-state index contributed by atoms with van der Waals surface area (Å²) in [5.41, 5.74) is 0. The smallest absolute Gasteiger partial charge is 0.462 e. The highest BCUT2D eigenvalue weighted by molar-refractivity contribution is 7.47. The van der Waals surface area contributed by atoms with Gasteiger partial charge in [0.2, 0.25) is 0 Å². The molecule has 0 amide bonds. The van der Waals surface area contributed by atoms with Gasteiger partial charge >= 0.3 is 39.5 Å². The third kappa shape index (κ3) is 57.3. The monoisotopic (exact) mass is 1240 g/mol. The SMILES string of the molecule is CCCCCC/C=C\C=C/CCCCCCCC(=O)O[C@H](COC(=O)CCCCCCCCC(C)C)COP(=O)(O)OC[C@@H](O)COP(=O)(O)OC[C@@H](COC(=O)CCCCCCCCC(C)CC)OC(=O)CCCCCCCCCC(C)C. The first-order valence-corrected chi connectivity index (χ1v) is 36.2. The summed E-state index contributed by atoms with van der Waals surface area (Å²) >= 11 is 0. The fraction of sp³-hybridized carbons (Fsp3) is 0.877. The van der Waals surface area contributed by atoms with Crippen LogP contribution in [0.1, 0.15) is 292 Å². The summed E-state index contributed by atoms with van der Waals surface area (Å²) in [5.74, 6) is -0.0713. The molecular weight excluding hydrogens is 1110 g/mol. The van der Waals surface area contributed by atoms with Crippen molar-refractivity contribution in [2.75, 3.05) is 39.6 Å². The molecule has 0 aliphatic carbocycles. The van der Waals surface area contributed by atoms with Gasteiger partial charge in [-0.25, -0.2) is 9.13 Å². The van der Waals surface area contributed by atoms with Crippen LogP contribution in [0.2, 0.25) is 0 Å². The molecule has 6 atom stereocenters. The van der Waals surface area contributed by atoms with Crippen LogP contribution in [0, 0.1) is 17.8 Å². The number of rotatable bonds is 61. The molecule has 0 heterocycles. The number of allylic oxidation sites excluding steroid dienone is 4. The van der Waals surface area contributed by atoms with Crippen molar-refractivity contribution in [2.24, 2.45) is 17.8 Å². The first-order chi connectivity index (χ1) is 40.3. The van der Waals surface area contributed by atoms with Gasteiger partial charge in [0.05, 0.1) is 26.4 Å². The molecule has 0 aromatic carbocycles. The zero-order chi connectivity index (χ0) is 62.4. The van der Waals surface area contributed by atoms with E-state index in [9.17, 15) is 43.2 Å². The molecule has 0 aromatic heterocycles. The summed E-state index contributed by atoms with van der Waals surface area (Å²) in [5, 5.41) is 10.5. The molecule has 0 saturated heterocycles. The first-order valence-electron chi connectivity index (χ1n) is 33.2. The van der Waals surface area contributed by atoms with E-state index in [0.29, 0.717) is 37.5 Å². The summed E-state index contributed by atoms with van der Waals surface area (Å²) in [4.78, 5) is 72.2. The van der Waals surface area contributed by atoms with Gasteiger partial charge in [0.25, 0.3) is 0 Å². The fourth-order valence-electron chi connectivity index (χ4n) is 9.08.